The minimum absolute atomic E-state index is 0.0606. The number of aromatic nitrogens is 1. The van der Waals surface area contributed by atoms with Crippen LogP contribution in [0.15, 0.2) is 48.7 Å². The van der Waals surface area contributed by atoms with Crippen LogP contribution in [0.5, 0.6) is 11.5 Å². The fourth-order valence-electron chi connectivity index (χ4n) is 3.15. The van der Waals surface area contributed by atoms with E-state index in [4.69, 9.17) is 4.18 Å². The predicted octanol–water partition coefficient (Wildman–Crippen LogP) is 2.47. The Morgan fingerprint density at radius 2 is 1.96 bits per heavy atom. The fraction of sp³-hybridized carbons (Fsp3) is 0.300. The van der Waals surface area contributed by atoms with Crippen molar-refractivity contribution in [1.82, 2.24) is 10.3 Å². The summed E-state index contributed by atoms with van der Waals surface area (Å²) < 4.78 is 27.9. The number of aliphatic hydroxyl groups excluding tert-OH is 1. The number of aliphatic hydroxyl groups is 1. The Bertz CT molecular complexity index is 1060. The lowest BCUT2D eigenvalue weighted by atomic mass is 10.0. The van der Waals surface area contributed by atoms with Crippen LogP contribution in [0, 0.1) is 0 Å². The minimum atomic E-state index is -3.61. The van der Waals surface area contributed by atoms with E-state index in [-0.39, 0.29) is 17.5 Å². The number of phenolic OH excluding ortho intramolecular Hbond substituents is 1. The van der Waals surface area contributed by atoms with E-state index in [0.717, 1.165) is 17.2 Å². The van der Waals surface area contributed by atoms with Crippen LogP contribution in [-0.2, 0) is 16.5 Å². The summed E-state index contributed by atoms with van der Waals surface area (Å²) in [4.78, 5) is 3.09. The standard InChI is InChI=1S/C20H24N2O5S/c1-13(21-12-18(24)14-5-3-6-16(23)10-14)9-15-11-22-20-17(15)7-4-8-19(20)27-28(2,25)26/h3-8,10-11,13,18,21-24H,9,12H2,1-2H3/t13-,18+/m1/s1. The van der Waals surface area contributed by atoms with E-state index < -0.39 is 16.2 Å². The molecule has 0 aliphatic heterocycles. The molecule has 3 aromatic rings. The first-order valence-corrected chi connectivity index (χ1v) is 10.7. The molecule has 0 aliphatic rings. The third-order valence-corrected chi connectivity index (χ3v) is 4.93. The van der Waals surface area contributed by atoms with Crippen LogP contribution in [-0.4, -0.2) is 42.5 Å². The molecule has 0 radical (unpaired) electrons. The summed E-state index contributed by atoms with van der Waals surface area (Å²) in [5, 5.41) is 24.0. The van der Waals surface area contributed by atoms with E-state index in [9.17, 15) is 18.6 Å². The van der Waals surface area contributed by atoms with Gasteiger partial charge in [0, 0.05) is 24.2 Å². The largest absolute Gasteiger partial charge is 0.508 e. The van der Waals surface area contributed by atoms with Gasteiger partial charge in [-0.1, -0.05) is 24.3 Å². The van der Waals surface area contributed by atoms with E-state index in [1.165, 1.54) is 0 Å². The summed E-state index contributed by atoms with van der Waals surface area (Å²) in [5.74, 6) is 0.390. The molecule has 0 saturated carbocycles. The van der Waals surface area contributed by atoms with Crippen molar-refractivity contribution in [3.05, 3.63) is 59.8 Å². The molecule has 4 N–H and O–H groups in total. The molecule has 0 unspecified atom stereocenters. The Morgan fingerprint density at radius 3 is 2.68 bits per heavy atom. The molecular formula is C20H24N2O5S. The molecule has 0 amide bonds. The van der Waals surface area contributed by atoms with E-state index in [0.29, 0.717) is 24.0 Å². The smallest absolute Gasteiger partial charge is 0.306 e. The molecule has 28 heavy (non-hydrogen) atoms. The molecule has 3 rings (SSSR count). The number of H-pyrrole nitrogens is 1. The number of fused-ring (bicyclic) bond motifs is 1. The highest BCUT2D eigenvalue weighted by molar-refractivity contribution is 7.86. The molecule has 0 fully saturated rings. The normalized spacial score (nSPS) is 14.1. The average Bonchev–Trinajstić information content (AvgIpc) is 3.02. The van der Waals surface area contributed by atoms with Crippen LogP contribution in [0.25, 0.3) is 10.9 Å². The van der Waals surface area contributed by atoms with Gasteiger partial charge in [-0.05, 0) is 42.7 Å². The first kappa shape index (κ1) is 20.2. The SMILES string of the molecule is C[C@H](Cc1c[nH]c2c(OS(C)(=O)=O)cccc12)NC[C@H](O)c1cccc(O)c1. The number of hydrogen-bond donors (Lipinski definition) is 4. The molecule has 0 spiro atoms. The van der Waals surface area contributed by atoms with Gasteiger partial charge in [-0.3, -0.25) is 0 Å². The molecule has 0 bridgehead atoms. The number of nitrogens with one attached hydrogen (secondary N) is 2. The zero-order valence-corrected chi connectivity index (χ0v) is 16.5. The molecule has 0 aliphatic carbocycles. The van der Waals surface area contributed by atoms with Crippen LogP contribution < -0.4 is 9.50 Å². The Balaban J connectivity index is 1.66. The second kappa shape index (κ2) is 8.22. The molecule has 8 heteroatoms. The van der Waals surface area contributed by atoms with Gasteiger partial charge in [-0.15, -0.1) is 0 Å². The first-order chi connectivity index (χ1) is 13.2. The average molecular weight is 404 g/mol. The summed E-state index contributed by atoms with van der Waals surface area (Å²) in [5.41, 5.74) is 2.30. The van der Waals surface area contributed by atoms with Gasteiger partial charge in [-0.25, -0.2) is 0 Å². The molecule has 2 atom stereocenters. The third-order valence-electron chi connectivity index (χ3n) is 4.44. The summed E-state index contributed by atoms with van der Waals surface area (Å²) in [6.07, 6.45) is 2.80. The Labute approximate surface area is 164 Å². The maximum atomic E-state index is 11.4. The topological polar surface area (TPSA) is 112 Å². The van der Waals surface area contributed by atoms with E-state index in [1.54, 1.807) is 36.4 Å². The van der Waals surface area contributed by atoms with Gasteiger partial charge in [-0.2, -0.15) is 8.42 Å². The van der Waals surface area contributed by atoms with Crippen molar-refractivity contribution in [3.63, 3.8) is 0 Å². The third kappa shape index (κ3) is 5.03. The van der Waals surface area contributed by atoms with Crippen molar-refractivity contribution in [3.8, 4) is 11.5 Å². The van der Waals surface area contributed by atoms with Crippen LogP contribution in [0.4, 0.5) is 0 Å². The quantitative estimate of drug-likeness (QED) is 0.429. The lowest BCUT2D eigenvalue weighted by Crippen LogP contribution is -2.32. The number of hydrogen-bond acceptors (Lipinski definition) is 6. The number of rotatable bonds is 8. The van der Waals surface area contributed by atoms with Gasteiger partial charge >= 0.3 is 10.1 Å². The number of benzene rings is 2. The first-order valence-electron chi connectivity index (χ1n) is 8.92. The second-order valence-electron chi connectivity index (χ2n) is 6.90. The van der Waals surface area contributed by atoms with Crippen LogP contribution in [0.1, 0.15) is 24.2 Å². The van der Waals surface area contributed by atoms with Crippen molar-refractivity contribution in [2.75, 3.05) is 12.8 Å². The number of aromatic amines is 1. The van der Waals surface area contributed by atoms with E-state index in [1.807, 2.05) is 19.2 Å². The highest BCUT2D eigenvalue weighted by Crippen LogP contribution is 2.29. The van der Waals surface area contributed by atoms with E-state index in [2.05, 4.69) is 10.3 Å². The molecule has 1 heterocycles. The highest BCUT2D eigenvalue weighted by Gasteiger charge is 2.15. The van der Waals surface area contributed by atoms with Crippen LogP contribution in [0.3, 0.4) is 0 Å². The van der Waals surface area contributed by atoms with Gasteiger partial charge < -0.3 is 24.7 Å². The lowest BCUT2D eigenvalue weighted by molar-refractivity contribution is 0.170. The number of aromatic hydroxyl groups is 1. The summed E-state index contributed by atoms with van der Waals surface area (Å²) in [7, 11) is -3.61. The van der Waals surface area contributed by atoms with Crippen molar-refractivity contribution in [1.29, 1.82) is 0 Å². The predicted molar refractivity (Wildman–Crippen MR) is 108 cm³/mol. The second-order valence-corrected chi connectivity index (χ2v) is 8.48. The van der Waals surface area contributed by atoms with Gasteiger partial charge in [0.2, 0.25) is 0 Å². The van der Waals surface area contributed by atoms with Crippen molar-refractivity contribution in [2.24, 2.45) is 0 Å². The van der Waals surface area contributed by atoms with Crippen molar-refractivity contribution < 1.29 is 22.8 Å². The Morgan fingerprint density at radius 1 is 1.21 bits per heavy atom. The number of para-hydroxylation sites is 1. The summed E-state index contributed by atoms with van der Waals surface area (Å²) in [6, 6.07) is 11.9. The van der Waals surface area contributed by atoms with Crippen molar-refractivity contribution >= 4 is 21.0 Å². The van der Waals surface area contributed by atoms with E-state index >= 15 is 0 Å². The van der Waals surface area contributed by atoms with Gasteiger partial charge in [0.05, 0.1) is 17.9 Å². The lowest BCUT2D eigenvalue weighted by Gasteiger charge is -2.17. The summed E-state index contributed by atoms with van der Waals surface area (Å²) >= 11 is 0. The maximum Gasteiger partial charge on any atom is 0.306 e. The number of phenols is 1. The zero-order valence-electron chi connectivity index (χ0n) is 15.7. The Kier molecular flexibility index (Phi) is 5.93. The van der Waals surface area contributed by atoms with Gasteiger partial charge in [0.15, 0.2) is 5.75 Å². The Hall–Kier alpha value is -2.55. The van der Waals surface area contributed by atoms with Crippen LogP contribution in [0.2, 0.25) is 0 Å². The van der Waals surface area contributed by atoms with Gasteiger partial charge in [0.1, 0.15) is 5.75 Å². The minimum Gasteiger partial charge on any atom is -0.508 e. The van der Waals surface area contributed by atoms with Gasteiger partial charge in [0.25, 0.3) is 0 Å². The molecule has 1 aromatic heterocycles. The maximum absolute atomic E-state index is 11.4. The molecule has 150 valence electrons. The summed E-state index contributed by atoms with van der Waals surface area (Å²) in [6.45, 7) is 2.35. The fourth-order valence-corrected chi connectivity index (χ4v) is 3.62. The molecule has 7 nitrogen and oxygen atoms in total. The van der Waals surface area contributed by atoms with Crippen molar-refractivity contribution in [2.45, 2.75) is 25.5 Å². The molecule has 0 saturated heterocycles. The zero-order chi connectivity index (χ0) is 20.3. The highest BCUT2D eigenvalue weighted by atomic mass is 32.2. The monoisotopic (exact) mass is 404 g/mol. The molecule has 2 aromatic carbocycles. The van der Waals surface area contributed by atoms with Crippen LogP contribution >= 0.6 is 0 Å². The molecular weight excluding hydrogens is 380 g/mol.